The Hall–Kier alpha value is -1.39. The predicted molar refractivity (Wildman–Crippen MR) is 80.7 cm³/mol. The first-order chi connectivity index (χ1) is 9.15. The Kier molecular flexibility index (Phi) is 4.56. The van der Waals surface area contributed by atoms with Gasteiger partial charge in [0.25, 0.3) is 0 Å². The van der Waals surface area contributed by atoms with E-state index in [0.29, 0.717) is 0 Å². The highest BCUT2D eigenvalue weighted by Crippen LogP contribution is 2.27. The van der Waals surface area contributed by atoms with Gasteiger partial charge in [-0.05, 0) is 24.5 Å². The van der Waals surface area contributed by atoms with Crippen molar-refractivity contribution in [3.05, 3.63) is 46.0 Å². The van der Waals surface area contributed by atoms with Crippen molar-refractivity contribution in [3.8, 4) is 0 Å². The lowest BCUT2D eigenvalue weighted by atomic mass is 10.1. The van der Waals surface area contributed by atoms with Crippen LogP contribution in [0.2, 0.25) is 0 Å². The molecule has 2 rings (SSSR count). The maximum Gasteiger partial charge on any atom is 0.185 e. The van der Waals surface area contributed by atoms with Gasteiger partial charge in [0.05, 0.1) is 17.2 Å². The standard InChI is InChI=1S/C15H20N2OS/c1-4-13-14(10-18)19-15(16-13)17(3)9-12-8-6-5-7-11(12)2/h5-8,18H,4,9-10H2,1-3H3. The normalized spacial score (nSPS) is 10.7. The largest absolute Gasteiger partial charge is 0.391 e. The third-order valence-electron chi connectivity index (χ3n) is 3.24. The van der Waals surface area contributed by atoms with Crippen molar-refractivity contribution in [1.29, 1.82) is 0 Å². The monoisotopic (exact) mass is 276 g/mol. The summed E-state index contributed by atoms with van der Waals surface area (Å²) in [5.41, 5.74) is 3.62. The highest BCUT2D eigenvalue weighted by molar-refractivity contribution is 7.15. The minimum atomic E-state index is 0.0824. The Morgan fingerprint density at radius 2 is 2.05 bits per heavy atom. The van der Waals surface area contributed by atoms with Crippen LogP contribution < -0.4 is 4.90 Å². The van der Waals surface area contributed by atoms with Crippen LogP contribution in [0.1, 0.15) is 28.6 Å². The average molecular weight is 276 g/mol. The van der Waals surface area contributed by atoms with Gasteiger partial charge < -0.3 is 10.0 Å². The summed E-state index contributed by atoms with van der Waals surface area (Å²) >= 11 is 1.58. The van der Waals surface area contributed by atoms with E-state index < -0.39 is 0 Å². The fourth-order valence-electron chi connectivity index (χ4n) is 2.04. The minimum absolute atomic E-state index is 0.0824. The molecule has 0 unspecified atom stereocenters. The van der Waals surface area contributed by atoms with E-state index >= 15 is 0 Å². The molecule has 0 spiro atoms. The number of aryl methyl sites for hydroxylation is 2. The second-order valence-corrected chi connectivity index (χ2v) is 5.72. The Bertz CT molecular complexity index is 529. The lowest BCUT2D eigenvalue weighted by Crippen LogP contribution is -2.16. The molecule has 19 heavy (non-hydrogen) atoms. The molecule has 1 aromatic carbocycles. The van der Waals surface area contributed by atoms with Gasteiger partial charge in [0, 0.05) is 13.6 Å². The second kappa shape index (κ2) is 6.17. The third kappa shape index (κ3) is 3.14. The number of hydrogen-bond acceptors (Lipinski definition) is 4. The highest BCUT2D eigenvalue weighted by Gasteiger charge is 2.13. The summed E-state index contributed by atoms with van der Waals surface area (Å²) < 4.78 is 0. The van der Waals surface area contributed by atoms with Gasteiger partial charge in [-0.25, -0.2) is 4.98 Å². The van der Waals surface area contributed by atoms with Crippen molar-refractivity contribution in [2.75, 3.05) is 11.9 Å². The summed E-state index contributed by atoms with van der Waals surface area (Å²) in [7, 11) is 2.05. The van der Waals surface area contributed by atoms with E-state index in [1.165, 1.54) is 11.1 Å². The lowest BCUT2D eigenvalue weighted by Gasteiger charge is -2.17. The van der Waals surface area contributed by atoms with Gasteiger partial charge in [-0.15, -0.1) is 0 Å². The van der Waals surface area contributed by atoms with Gasteiger partial charge in [-0.3, -0.25) is 0 Å². The summed E-state index contributed by atoms with van der Waals surface area (Å²) in [6.45, 7) is 5.12. The van der Waals surface area contributed by atoms with E-state index in [9.17, 15) is 5.11 Å². The van der Waals surface area contributed by atoms with E-state index in [1.54, 1.807) is 11.3 Å². The molecule has 0 saturated heterocycles. The van der Waals surface area contributed by atoms with Crippen molar-refractivity contribution in [1.82, 2.24) is 4.98 Å². The van der Waals surface area contributed by atoms with Crippen LogP contribution in [-0.4, -0.2) is 17.1 Å². The van der Waals surface area contributed by atoms with E-state index in [1.807, 2.05) is 7.05 Å². The first-order valence-corrected chi connectivity index (χ1v) is 7.32. The topological polar surface area (TPSA) is 36.4 Å². The molecule has 1 aromatic heterocycles. The van der Waals surface area contributed by atoms with E-state index in [2.05, 4.69) is 48.0 Å². The molecule has 2 aromatic rings. The van der Waals surface area contributed by atoms with Crippen molar-refractivity contribution < 1.29 is 5.11 Å². The van der Waals surface area contributed by atoms with Crippen LogP contribution in [0, 0.1) is 6.92 Å². The molecule has 0 aliphatic heterocycles. The van der Waals surface area contributed by atoms with Gasteiger partial charge in [0.15, 0.2) is 5.13 Å². The quantitative estimate of drug-likeness (QED) is 0.911. The molecule has 4 heteroatoms. The average Bonchev–Trinajstić information content (AvgIpc) is 2.84. The minimum Gasteiger partial charge on any atom is -0.391 e. The molecule has 0 aliphatic carbocycles. The van der Waals surface area contributed by atoms with Crippen LogP contribution in [0.15, 0.2) is 24.3 Å². The van der Waals surface area contributed by atoms with Crippen LogP contribution in [0.25, 0.3) is 0 Å². The Balaban J connectivity index is 2.18. The third-order valence-corrected chi connectivity index (χ3v) is 4.44. The van der Waals surface area contributed by atoms with Crippen LogP contribution in [0.4, 0.5) is 5.13 Å². The lowest BCUT2D eigenvalue weighted by molar-refractivity contribution is 0.284. The molecular weight excluding hydrogens is 256 g/mol. The van der Waals surface area contributed by atoms with Gasteiger partial charge >= 0.3 is 0 Å². The molecular formula is C15H20N2OS. The van der Waals surface area contributed by atoms with Crippen molar-refractivity contribution in [3.63, 3.8) is 0 Å². The highest BCUT2D eigenvalue weighted by atomic mass is 32.1. The summed E-state index contributed by atoms with van der Waals surface area (Å²) in [4.78, 5) is 7.73. The number of aliphatic hydroxyl groups excluding tert-OH is 1. The summed E-state index contributed by atoms with van der Waals surface area (Å²) in [5, 5.41) is 10.3. The maximum atomic E-state index is 9.33. The maximum absolute atomic E-state index is 9.33. The molecule has 0 fully saturated rings. The van der Waals surface area contributed by atoms with Crippen molar-refractivity contribution in [2.45, 2.75) is 33.4 Å². The van der Waals surface area contributed by atoms with E-state index in [-0.39, 0.29) is 6.61 Å². The molecule has 0 aliphatic rings. The van der Waals surface area contributed by atoms with Gasteiger partial charge in [0.1, 0.15) is 0 Å². The summed E-state index contributed by atoms with van der Waals surface area (Å²) in [6.07, 6.45) is 0.866. The molecule has 3 nitrogen and oxygen atoms in total. The molecule has 1 heterocycles. The van der Waals surface area contributed by atoms with Gasteiger partial charge in [-0.2, -0.15) is 0 Å². The number of nitrogens with zero attached hydrogens (tertiary/aromatic N) is 2. The fraction of sp³-hybridized carbons (Fsp3) is 0.400. The zero-order valence-corrected chi connectivity index (χ0v) is 12.5. The molecule has 0 amide bonds. The summed E-state index contributed by atoms with van der Waals surface area (Å²) in [5.74, 6) is 0. The summed E-state index contributed by atoms with van der Waals surface area (Å²) in [6, 6.07) is 8.39. The van der Waals surface area contributed by atoms with Gasteiger partial charge in [-0.1, -0.05) is 42.5 Å². The molecule has 0 bridgehead atoms. The van der Waals surface area contributed by atoms with Crippen LogP contribution in [-0.2, 0) is 19.6 Å². The van der Waals surface area contributed by atoms with E-state index in [0.717, 1.165) is 28.7 Å². The molecule has 0 radical (unpaired) electrons. The zero-order chi connectivity index (χ0) is 13.8. The number of benzene rings is 1. The number of anilines is 1. The van der Waals surface area contributed by atoms with Crippen LogP contribution >= 0.6 is 11.3 Å². The SMILES string of the molecule is CCc1nc(N(C)Cc2ccccc2C)sc1CO. The Labute approximate surface area is 118 Å². The number of hydrogen-bond donors (Lipinski definition) is 1. The zero-order valence-electron chi connectivity index (χ0n) is 11.7. The van der Waals surface area contributed by atoms with Crippen LogP contribution in [0.3, 0.4) is 0 Å². The Morgan fingerprint density at radius 3 is 2.63 bits per heavy atom. The number of thiazole rings is 1. The molecule has 1 N–H and O–H groups in total. The smallest absolute Gasteiger partial charge is 0.185 e. The number of aromatic nitrogens is 1. The fourth-order valence-corrected chi connectivity index (χ4v) is 3.01. The second-order valence-electron chi connectivity index (χ2n) is 4.66. The van der Waals surface area contributed by atoms with Gasteiger partial charge in [0.2, 0.25) is 0 Å². The predicted octanol–water partition coefficient (Wildman–Crippen LogP) is 3.14. The van der Waals surface area contributed by atoms with Crippen LogP contribution in [0.5, 0.6) is 0 Å². The molecule has 102 valence electrons. The number of rotatable bonds is 5. The van der Waals surface area contributed by atoms with Crippen molar-refractivity contribution in [2.24, 2.45) is 0 Å². The number of aliphatic hydroxyl groups is 1. The first-order valence-electron chi connectivity index (χ1n) is 6.50. The Morgan fingerprint density at radius 1 is 1.32 bits per heavy atom. The van der Waals surface area contributed by atoms with E-state index in [4.69, 9.17) is 0 Å². The first kappa shape index (κ1) is 14.0. The molecule has 0 atom stereocenters. The van der Waals surface area contributed by atoms with Crippen molar-refractivity contribution >= 4 is 16.5 Å². The molecule has 0 saturated carbocycles.